The Bertz CT molecular complexity index is 1210. The number of hydrogen-bond acceptors (Lipinski definition) is 5. The summed E-state index contributed by atoms with van der Waals surface area (Å²) in [4.78, 5) is 38.3. The van der Waals surface area contributed by atoms with Gasteiger partial charge in [-0.15, -0.1) is 11.3 Å². The van der Waals surface area contributed by atoms with Crippen molar-refractivity contribution in [1.29, 1.82) is 0 Å². The van der Waals surface area contributed by atoms with Crippen molar-refractivity contribution in [2.75, 3.05) is 6.61 Å². The van der Waals surface area contributed by atoms with Crippen LogP contribution in [0.4, 0.5) is 0 Å². The van der Waals surface area contributed by atoms with Crippen LogP contribution in [-0.2, 0) is 4.74 Å². The summed E-state index contributed by atoms with van der Waals surface area (Å²) in [5.41, 5.74) is 2.90. The van der Waals surface area contributed by atoms with Gasteiger partial charge in [-0.2, -0.15) is 0 Å². The quantitative estimate of drug-likeness (QED) is 0.282. The van der Waals surface area contributed by atoms with E-state index in [1.165, 1.54) is 17.4 Å². The summed E-state index contributed by atoms with van der Waals surface area (Å²) in [6.45, 7) is -0.367. The van der Waals surface area contributed by atoms with Crippen LogP contribution in [0.1, 0.15) is 36.0 Å². The zero-order valence-electron chi connectivity index (χ0n) is 16.5. The first kappa shape index (κ1) is 20.4. The Balaban J connectivity index is 1.51. The van der Waals surface area contributed by atoms with E-state index >= 15 is 0 Å². The lowest BCUT2D eigenvalue weighted by atomic mass is 9.96. The van der Waals surface area contributed by atoms with Crippen LogP contribution in [0.25, 0.3) is 11.1 Å². The van der Waals surface area contributed by atoms with Crippen molar-refractivity contribution in [3.8, 4) is 11.1 Å². The second-order valence-corrected chi connectivity index (χ2v) is 7.74. The van der Waals surface area contributed by atoms with Gasteiger partial charge in [0.15, 0.2) is 12.4 Å². The summed E-state index contributed by atoms with van der Waals surface area (Å²) in [6, 6.07) is 27.0. The van der Waals surface area contributed by atoms with Crippen molar-refractivity contribution in [1.82, 2.24) is 0 Å². The number of carbonyl (C=O) groups is 3. The molecule has 152 valence electrons. The molecule has 5 heteroatoms. The molecule has 0 amide bonds. The number of ether oxygens (including phenoxy) is 1. The average Bonchev–Trinajstić information content (AvgIpc) is 3.38. The molecular formula is C26H18O4S. The molecule has 0 spiro atoms. The van der Waals surface area contributed by atoms with Crippen LogP contribution in [0.3, 0.4) is 0 Å². The van der Waals surface area contributed by atoms with E-state index in [2.05, 4.69) is 0 Å². The highest BCUT2D eigenvalue weighted by Crippen LogP contribution is 2.22. The number of Topliss-reactive ketones (excluding diaryl/α,β-unsaturated/α-hetero) is 1. The van der Waals surface area contributed by atoms with Gasteiger partial charge in [0.25, 0.3) is 0 Å². The fraction of sp³-hybridized carbons (Fsp3) is 0.0385. The lowest BCUT2D eigenvalue weighted by molar-refractivity contribution is 0.0474. The SMILES string of the molecule is O=C(COC(=O)c1ccccc1C(=O)c1ccc(-c2ccccc2)cc1)c1cccs1. The first-order valence-electron chi connectivity index (χ1n) is 9.66. The maximum Gasteiger partial charge on any atom is 0.339 e. The molecule has 3 aromatic carbocycles. The molecule has 0 aliphatic heterocycles. The molecule has 0 bridgehead atoms. The summed E-state index contributed by atoms with van der Waals surface area (Å²) >= 11 is 1.29. The van der Waals surface area contributed by atoms with Crippen LogP contribution in [0.2, 0.25) is 0 Å². The Kier molecular flexibility index (Phi) is 6.15. The van der Waals surface area contributed by atoms with E-state index in [1.54, 1.807) is 47.8 Å². The maximum atomic E-state index is 13.1. The second kappa shape index (κ2) is 9.32. The second-order valence-electron chi connectivity index (χ2n) is 6.79. The highest BCUT2D eigenvalue weighted by Gasteiger charge is 2.20. The fourth-order valence-corrected chi connectivity index (χ4v) is 3.83. The van der Waals surface area contributed by atoms with Gasteiger partial charge in [-0.05, 0) is 28.6 Å². The van der Waals surface area contributed by atoms with Crippen LogP contribution >= 0.6 is 11.3 Å². The van der Waals surface area contributed by atoms with E-state index in [9.17, 15) is 14.4 Å². The maximum absolute atomic E-state index is 13.1. The smallest absolute Gasteiger partial charge is 0.339 e. The lowest BCUT2D eigenvalue weighted by Gasteiger charge is -2.09. The molecule has 0 radical (unpaired) electrons. The highest BCUT2D eigenvalue weighted by molar-refractivity contribution is 7.12. The van der Waals surface area contributed by atoms with Crippen molar-refractivity contribution in [3.05, 3.63) is 118 Å². The first-order chi connectivity index (χ1) is 15.1. The Hall–Kier alpha value is -3.83. The van der Waals surface area contributed by atoms with Gasteiger partial charge in [0.1, 0.15) is 0 Å². The van der Waals surface area contributed by atoms with E-state index < -0.39 is 5.97 Å². The minimum Gasteiger partial charge on any atom is -0.454 e. The number of esters is 1. The fourth-order valence-electron chi connectivity index (χ4n) is 3.18. The van der Waals surface area contributed by atoms with Crippen LogP contribution in [0, 0.1) is 0 Å². The summed E-state index contributed by atoms with van der Waals surface area (Å²) in [5.74, 6) is -1.25. The van der Waals surface area contributed by atoms with E-state index in [0.717, 1.165) is 11.1 Å². The first-order valence-corrected chi connectivity index (χ1v) is 10.5. The number of rotatable bonds is 7. The van der Waals surface area contributed by atoms with Gasteiger partial charge < -0.3 is 4.74 Å². The summed E-state index contributed by atoms with van der Waals surface area (Å²) in [7, 11) is 0. The monoisotopic (exact) mass is 426 g/mol. The molecule has 0 unspecified atom stereocenters. The van der Waals surface area contributed by atoms with Gasteiger partial charge in [-0.25, -0.2) is 4.79 Å². The van der Waals surface area contributed by atoms with Crippen LogP contribution in [-0.4, -0.2) is 24.1 Å². The van der Waals surface area contributed by atoms with Crippen molar-refractivity contribution >= 4 is 28.9 Å². The molecule has 1 heterocycles. The zero-order chi connectivity index (χ0) is 21.6. The number of benzene rings is 3. The van der Waals surface area contributed by atoms with Gasteiger partial charge in [-0.1, -0.05) is 78.9 Å². The van der Waals surface area contributed by atoms with Crippen molar-refractivity contribution < 1.29 is 19.1 Å². The van der Waals surface area contributed by atoms with E-state index in [1.807, 2.05) is 42.5 Å². The molecular weight excluding hydrogens is 408 g/mol. The molecule has 31 heavy (non-hydrogen) atoms. The van der Waals surface area contributed by atoms with E-state index in [0.29, 0.717) is 10.4 Å². The molecule has 1 aromatic heterocycles. The Morgan fingerprint density at radius 1 is 0.677 bits per heavy atom. The third-order valence-corrected chi connectivity index (χ3v) is 5.69. The molecule has 4 nitrogen and oxygen atoms in total. The zero-order valence-corrected chi connectivity index (χ0v) is 17.3. The van der Waals surface area contributed by atoms with Gasteiger partial charge in [0.2, 0.25) is 5.78 Å². The summed E-state index contributed by atoms with van der Waals surface area (Å²) in [6.07, 6.45) is 0. The molecule has 0 N–H and O–H groups in total. The summed E-state index contributed by atoms with van der Waals surface area (Å²) in [5, 5.41) is 1.78. The number of ketones is 2. The highest BCUT2D eigenvalue weighted by atomic mass is 32.1. The molecule has 0 saturated heterocycles. The average molecular weight is 426 g/mol. The largest absolute Gasteiger partial charge is 0.454 e. The molecule has 0 aliphatic carbocycles. The Labute approximate surface area is 183 Å². The molecule has 4 aromatic rings. The Morgan fingerprint density at radius 2 is 1.32 bits per heavy atom. The van der Waals surface area contributed by atoms with Gasteiger partial charge in [0, 0.05) is 11.1 Å². The number of carbonyl (C=O) groups excluding carboxylic acids is 3. The van der Waals surface area contributed by atoms with Gasteiger partial charge >= 0.3 is 5.97 Å². The number of thiophene rings is 1. The van der Waals surface area contributed by atoms with Crippen LogP contribution in [0.5, 0.6) is 0 Å². The normalized spacial score (nSPS) is 10.5. The molecule has 0 saturated carbocycles. The van der Waals surface area contributed by atoms with Crippen LogP contribution in [0.15, 0.2) is 96.4 Å². The van der Waals surface area contributed by atoms with Crippen molar-refractivity contribution in [2.24, 2.45) is 0 Å². The number of hydrogen-bond donors (Lipinski definition) is 0. The lowest BCUT2D eigenvalue weighted by Crippen LogP contribution is -2.16. The van der Waals surface area contributed by atoms with E-state index in [4.69, 9.17) is 4.74 Å². The molecule has 0 atom stereocenters. The van der Waals surface area contributed by atoms with Gasteiger partial charge in [-0.3, -0.25) is 9.59 Å². The van der Waals surface area contributed by atoms with Crippen molar-refractivity contribution in [3.63, 3.8) is 0 Å². The Morgan fingerprint density at radius 3 is 2.00 bits per heavy atom. The molecule has 0 aliphatic rings. The van der Waals surface area contributed by atoms with Crippen LogP contribution < -0.4 is 0 Å². The predicted molar refractivity (Wildman–Crippen MR) is 121 cm³/mol. The molecule has 4 rings (SSSR count). The van der Waals surface area contributed by atoms with E-state index in [-0.39, 0.29) is 29.3 Å². The minimum atomic E-state index is -0.699. The standard InChI is InChI=1S/C26H18O4S/c27-23(24-11-6-16-31-24)17-30-26(29)22-10-5-4-9-21(22)25(28)20-14-12-19(13-15-20)18-7-2-1-3-8-18/h1-16H,17H2. The molecule has 0 fully saturated rings. The topological polar surface area (TPSA) is 60.4 Å². The minimum absolute atomic E-state index is 0.138. The third-order valence-electron chi connectivity index (χ3n) is 4.78. The van der Waals surface area contributed by atoms with Gasteiger partial charge in [0.05, 0.1) is 10.4 Å². The predicted octanol–water partition coefficient (Wildman–Crippen LogP) is 5.69. The van der Waals surface area contributed by atoms with Crippen molar-refractivity contribution in [2.45, 2.75) is 0 Å². The third kappa shape index (κ3) is 4.68. The summed E-state index contributed by atoms with van der Waals surface area (Å²) < 4.78 is 5.18.